The Hall–Kier alpha value is -3.23. The number of ether oxygens (including phenoxy) is 1. The molecule has 0 spiro atoms. The molecular formula is C23H25N3O4S. The van der Waals surface area contributed by atoms with Crippen LogP contribution in [0.3, 0.4) is 0 Å². The lowest BCUT2D eigenvalue weighted by molar-refractivity contribution is 0.0991. The van der Waals surface area contributed by atoms with Crippen LogP contribution >= 0.6 is 0 Å². The SMILES string of the molecule is CCCCNc1cc(C(=O)Cc2ccccn2)cc(S(N)(=O)=O)c1Oc1ccccc1. The van der Waals surface area contributed by atoms with Gasteiger partial charge in [-0.2, -0.15) is 0 Å². The quantitative estimate of drug-likeness (QED) is 0.362. The highest BCUT2D eigenvalue weighted by molar-refractivity contribution is 7.89. The molecule has 0 aliphatic rings. The van der Waals surface area contributed by atoms with Crippen molar-refractivity contribution in [3.8, 4) is 11.5 Å². The monoisotopic (exact) mass is 439 g/mol. The predicted octanol–water partition coefficient (Wildman–Crippen LogP) is 4.16. The molecular weight excluding hydrogens is 414 g/mol. The summed E-state index contributed by atoms with van der Waals surface area (Å²) in [5.74, 6) is 0.256. The van der Waals surface area contributed by atoms with Crippen molar-refractivity contribution in [2.24, 2.45) is 5.14 Å². The Morgan fingerprint density at radius 2 is 1.84 bits per heavy atom. The van der Waals surface area contributed by atoms with Gasteiger partial charge in [0.2, 0.25) is 10.0 Å². The van der Waals surface area contributed by atoms with Crippen LogP contribution < -0.4 is 15.2 Å². The third-order valence-electron chi connectivity index (χ3n) is 4.56. The van der Waals surface area contributed by atoms with Crippen LogP contribution in [0.5, 0.6) is 11.5 Å². The Balaban J connectivity index is 2.06. The molecule has 1 aromatic heterocycles. The first-order valence-corrected chi connectivity index (χ1v) is 11.5. The number of carbonyl (C=O) groups is 1. The molecule has 0 aliphatic heterocycles. The number of hydrogen-bond acceptors (Lipinski definition) is 6. The number of nitrogens with zero attached hydrogens (tertiary/aromatic N) is 1. The molecule has 8 heteroatoms. The van der Waals surface area contributed by atoms with E-state index in [1.54, 1.807) is 54.7 Å². The third-order valence-corrected chi connectivity index (χ3v) is 5.48. The van der Waals surface area contributed by atoms with Gasteiger partial charge in [-0.25, -0.2) is 13.6 Å². The van der Waals surface area contributed by atoms with Gasteiger partial charge in [0.05, 0.1) is 12.1 Å². The number of para-hydroxylation sites is 1. The highest BCUT2D eigenvalue weighted by Crippen LogP contribution is 2.37. The third kappa shape index (κ3) is 6.13. The second kappa shape index (κ2) is 10.2. The molecule has 0 aliphatic carbocycles. The van der Waals surface area contributed by atoms with E-state index in [2.05, 4.69) is 10.3 Å². The lowest BCUT2D eigenvalue weighted by Gasteiger charge is -2.18. The number of aromatic nitrogens is 1. The average molecular weight is 440 g/mol. The summed E-state index contributed by atoms with van der Waals surface area (Å²) in [6.07, 6.45) is 3.45. The number of Topliss-reactive ketones (excluding diaryl/α,β-unsaturated/α-hetero) is 1. The lowest BCUT2D eigenvalue weighted by Crippen LogP contribution is -2.17. The minimum Gasteiger partial charge on any atom is -0.454 e. The van der Waals surface area contributed by atoms with Gasteiger partial charge in [0, 0.05) is 24.0 Å². The molecule has 0 atom stereocenters. The number of hydrogen-bond donors (Lipinski definition) is 2. The van der Waals surface area contributed by atoms with E-state index in [1.807, 2.05) is 13.0 Å². The Morgan fingerprint density at radius 3 is 2.48 bits per heavy atom. The smallest absolute Gasteiger partial charge is 0.241 e. The summed E-state index contributed by atoms with van der Waals surface area (Å²) in [7, 11) is -4.17. The predicted molar refractivity (Wildman–Crippen MR) is 120 cm³/mol. The zero-order chi connectivity index (χ0) is 22.3. The van der Waals surface area contributed by atoms with Crippen molar-refractivity contribution in [2.45, 2.75) is 31.1 Å². The Labute approximate surface area is 182 Å². The number of nitrogens with one attached hydrogen (secondary N) is 1. The summed E-state index contributed by atoms with van der Waals surface area (Å²) in [4.78, 5) is 16.8. The van der Waals surface area contributed by atoms with E-state index in [9.17, 15) is 13.2 Å². The van der Waals surface area contributed by atoms with Crippen molar-refractivity contribution in [3.05, 3.63) is 78.1 Å². The van der Waals surface area contributed by atoms with Crippen LogP contribution in [-0.4, -0.2) is 25.7 Å². The molecule has 0 saturated heterocycles. The molecule has 0 fully saturated rings. The zero-order valence-corrected chi connectivity index (χ0v) is 18.1. The Kier molecular flexibility index (Phi) is 7.38. The average Bonchev–Trinajstić information content (AvgIpc) is 2.75. The van der Waals surface area contributed by atoms with E-state index in [-0.39, 0.29) is 28.4 Å². The van der Waals surface area contributed by atoms with Gasteiger partial charge in [-0.05, 0) is 42.8 Å². The standard InChI is InChI=1S/C23H25N3O4S/c1-2-3-12-26-20-14-17(21(27)16-18-9-7-8-13-25-18)15-22(31(24,28)29)23(20)30-19-10-5-4-6-11-19/h4-11,13-15,26H,2-3,12,16H2,1H3,(H2,24,28,29). The topological polar surface area (TPSA) is 111 Å². The Morgan fingerprint density at radius 1 is 1.10 bits per heavy atom. The summed E-state index contributed by atoms with van der Waals surface area (Å²) in [6.45, 7) is 2.63. The van der Waals surface area contributed by atoms with Gasteiger partial charge in [0.25, 0.3) is 0 Å². The van der Waals surface area contributed by atoms with Gasteiger partial charge in [0.15, 0.2) is 11.5 Å². The fourth-order valence-corrected chi connectivity index (χ4v) is 3.69. The van der Waals surface area contributed by atoms with Gasteiger partial charge in [-0.3, -0.25) is 9.78 Å². The van der Waals surface area contributed by atoms with Crippen molar-refractivity contribution in [1.82, 2.24) is 4.98 Å². The molecule has 0 saturated carbocycles. The van der Waals surface area contributed by atoms with Gasteiger partial charge < -0.3 is 10.1 Å². The number of nitrogens with two attached hydrogens (primary N) is 1. The van der Waals surface area contributed by atoms with E-state index in [0.717, 1.165) is 12.8 Å². The van der Waals surface area contributed by atoms with Crippen molar-refractivity contribution in [1.29, 1.82) is 0 Å². The first kappa shape index (κ1) is 22.5. The van der Waals surface area contributed by atoms with Crippen LogP contribution in [-0.2, 0) is 16.4 Å². The highest BCUT2D eigenvalue weighted by atomic mass is 32.2. The number of carbonyl (C=O) groups excluding carboxylic acids is 1. The number of benzene rings is 2. The van der Waals surface area contributed by atoms with Crippen molar-refractivity contribution < 1.29 is 17.9 Å². The van der Waals surface area contributed by atoms with E-state index in [0.29, 0.717) is 23.7 Å². The molecule has 3 aromatic rings. The fraction of sp³-hybridized carbons (Fsp3) is 0.217. The molecule has 2 aromatic carbocycles. The summed E-state index contributed by atoms with van der Waals surface area (Å²) in [6, 6.07) is 17.0. The molecule has 0 radical (unpaired) electrons. The molecule has 31 heavy (non-hydrogen) atoms. The number of primary sulfonamides is 1. The van der Waals surface area contributed by atoms with E-state index in [1.165, 1.54) is 6.07 Å². The van der Waals surface area contributed by atoms with Crippen LogP contribution in [0.15, 0.2) is 71.8 Å². The maximum atomic E-state index is 12.9. The molecule has 162 valence electrons. The molecule has 0 unspecified atom stereocenters. The molecule has 7 nitrogen and oxygen atoms in total. The summed E-state index contributed by atoms with van der Waals surface area (Å²) >= 11 is 0. The van der Waals surface area contributed by atoms with Crippen LogP contribution in [0.4, 0.5) is 5.69 Å². The van der Waals surface area contributed by atoms with Crippen LogP contribution in [0.2, 0.25) is 0 Å². The molecule has 3 rings (SSSR count). The highest BCUT2D eigenvalue weighted by Gasteiger charge is 2.23. The maximum absolute atomic E-state index is 12.9. The largest absolute Gasteiger partial charge is 0.454 e. The fourth-order valence-electron chi connectivity index (χ4n) is 2.99. The first-order valence-electron chi connectivity index (χ1n) is 9.99. The lowest BCUT2D eigenvalue weighted by atomic mass is 10.0. The second-order valence-corrected chi connectivity index (χ2v) is 8.54. The van der Waals surface area contributed by atoms with Crippen LogP contribution in [0.1, 0.15) is 35.8 Å². The summed E-state index contributed by atoms with van der Waals surface area (Å²) in [5.41, 5.74) is 1.21. The Bertz CT molecular complexity index is 1130. The normalized spacial score (nSPS) is 11.2. The van der Waals surface area contributed by atoms with Crippen molar-refractivity contribution >= 4 is 21.5 Å². The number of sulfonamides is 1. The number of ketones is 1. The number of rotatable bonds is 10. The van der Waals surface area contributed by atoms with Crippen LogP contribution in [0.25, 0.3) is 0 Å². The van der Waals surface area contributed by atoms with Crippen molar-refractivity contribution in [3.63, 3.8) is 0 Å². The van der Waals surface area contributed by atoms with E-state index < -0.39 is 10.0 Å². The number of unbranched alkanes of at least 4 members (excludes halogenated alkanes) is 1. The van der Waals surface area contributed by atoms with Gasteiger partial charge in [0.1, 0.15) is 10.6 Å². The molecule has 3 N–H and O–H groups in total. The molecule has 0 bridgehead atoms. The summed E-state index contributed by atoms with van der Waals surface area (Å²) < 4.78 is 30.7. The zero-order valence-electron chi connectivity index (χ0n) is 17.2. The number of anilines is 1. The molecule has 1 heterocycles. The molecule has 0 amide bonds. The minimum absolute atomic E-state index is 0.0399. The van der Waals surface area contributed by atoms with Crippen LogP contribution in [0, 0.1) is 0 Å². The summed E-state index contributed by atoms with van der Waals surface area (Å²) in [5, 5.41) is 8.69. The van der Waals surface area contributed by atoms with Gasteiger partial charge in [-0.15, -0.1) is 0 Å². The van der Waals surface area contributed by atoms with E-state index >= 15 is 0 Å². The first-order chi connectivity index (χ1) is 14.9. The number of pyridine rings is 1. The second-order valence-electron chi connectivity index (χ2n) is 7.01. The maximum Gasteiger partial charge on any atom is 0.241 e. The van der Waals surface area contributed by atoms with Gasteiger partial charge >= 0.3 is 0 Å². The minimum atomic E-state index is -4.17. The van der Waals surface area contributed by atoms with E-state index in [4.69, 9.17) is 9.88 Å². The van der Waals surface area contributed by atoms with Crippen molar-refractivity contribution in [2.75, 3.05) is 11.9 Å². The van der Waals surface area contributed by atoms with Gasteiger partial charge in [-0.1, -0.05) is 37.6 Å².